The number of aromatic nitrogens is 1. The zero-order valence-electron chi connectivity index (χ0n) is 23.0. The van der Waals surface area contributed by atoms with E-state index in [1.807, 2.05) is 18.3 Å². The standard InChI is InChI=1S/C31H44N6O2/c1-2-3-11-27(32)12-6-10-23(25-15-14-22-8-4-5-9-24(22)19-25)16-17-28(37-29-13-7-18-35-29)26(20-30(38)39)21-36-31(33)34/h4-5,7-9,13-15,18-20,23,27-28,35,37H,2-3,6,10-12,16-17,21,32H2,1H3,(H,38,39)(H4,33,34,36)/b26-20+/t23-,27+,28-/m1/s1. The third kappa shape index (κ3) is 10.1. The van der Waals surface area contributed by atoms with Crippen molar-refractivity contribution in [2.45, 2.75) is 76.3 Å². The summed E-state index contributed by atoms with van der Waals surface area (Å²) in [6, 6.07) is 18.9. The van der Waals surface area contributed by atoms with E-state index < -0.39 is 5.97 Å². The number of guanidine groups is 1. The number of anilines is 1. The second-order valence-electron chi connectivity index (χ2n) is 10.3. The van der Waals surface area contributed by atoms with Crippen molar-refractivity contribution in [2.75, 3.05) is 11.9 Å². The Balaban J connectivity index is 1.83. The molecular formula is C31H44N6O2. The first-order chi connectivity index (χ1) is 18.9. The smallest absolute Gasteiger partial charge is 0.328 e. The number of carboxylic acid groups (broad SMARTS) is 1. The molecule has 2 aromatic carbocycles. The number of carbonyl (C=O) groups is 1. The molecule has 0 unspecified atom stereocenters. The summed E-state index contributed by atoms with van der Waals surface area (Å²) in [5.41, 5.74) is 19.5. The first kappa shape index (κ1) is 29.8. The second-order valence-corrected chi connectivity index (χ2v) is 10.3. The van der Waals surface area contributed by atoms with Gasteiger partial charge in [-0.05, 0) is 72.1 Å². The van der Waals surface area contributed by atoms with Gasteiger partial charge in [-0.15, -0.1) is 0 Å². The number of fused-ring (bicyclic) bond motifs is 1. The lowest BCUT2D eigenvalue weighted by Gasteiger charge is -2.25. The van der Waals surface area contributed by atoms with Crippen LogP contribution in [-0.2, 0) is 4.79 Å². The molecule has 0 spiro atoms. The van der Waals surface area contributed by atoms with Gasteiger partial charge in [-0.3, -0.25) is 0 Å². The molecule has 0 amide bonds. The number of aliphatic imine (C=N–C) groups is 1. The maximum absolute atomic E-state index is 11.7. The Kier molecular flexibility index (Phi) is 11.9. The third-order valence-corrected chi connectivity index (χ3v) is 7.23. The van der Waals surface area contributed by atoms with Crippen molar-refractivity contribution in [3.63, 3.8) is 0 Å². The van der Waals surface area contributed by atoms with Crippen molar-refractivity contribution in [2.24, 2.45) is 22.2 Å². The zero-order chi connectivity index (χ0) is 28.0. The number of rotatable bonds is 17. The minimum absolute atomic E-state index is 0.0710. The molecule has 0 aliphatic heterocycles. The number of nitrogens with two attached hydrogens (primary N) is 3. The van der Waals surface area contributed by atoms with E-state index in [2.05, 4.69) is 64.7 Å². The molecule has 0 radical (unpaired) electrons. The minimum Gasteiger partial charge on any atom is -0.478 e. The van der Waals surface area contributed by atoms with Gasteiger partial charge in [-0.2, -0.15) is 0 Å². The minimum atomic E-state index is -1.03. The van der Waals surface area contributed by atoms with Gasteiger partial charge in [0.05, 0.1) is 12.6 Å². The molecule has 8 nitrogen and oxygen atoms in total. The molecule has 39 heavy (non-hydrogen) atoms. The summed E-state index contributed by atoms with van der Waals surface area (Å²) in [6.45, 7) is 2.31. The average molecular weight is 533 g/mol. The number of H-pyrrole nitrogens is 1. The van der Waals surface area contributed by atoms with Crippen molar-refractivity contribution in [3.05, 3.63) is 78.0 Å². The molecule has 0 aliphatic carbocycles. The summed E-state index contributed by atoms with van der Waals surface area (Å²) in [5.74, 6) is 0.0137. The zero-order valence-corrected chi connectivity index (χ0v) is 23.0. The van der Waals surface area contributed by atoms with Crippen LogP contribution in [0, 0.1) is 0 Å². The molecule has 3 atom stereocenters. The van der Waals surface area contributed by atoms with E-state index in [9.17, 15) is 9.90 Å². The van der Waals surface area contributed by atoms with Gasteiger partial charge in [0.2, 0.25) is 0 Å². The topological polar surface area (TPSA) is 156 Å². The van der Waals surface area contributed by atoms with Gasteiger partial charge in [0.25, 0.3) is 0 Å². The van der Waals surface area contributed by atoms with Crippen LogP contribution in [-0.4, -0.2) is 40.6 Å². The van der Waals surface area contributed by atoms with Crippen LogP contribution in [0.2, 0.25) is 0 Å². The highest BCUT2D eigenvalue weighted by Gasteiger charge is 2.21. The number of aliphatic carboxylic acids is 1. The summed E-state index contributed by atoms with van der Waals surface area (Å²) >= 11 is 0. The molecule has 0 bridgehead atoms. The molecule has 1 heterocycles. The number of hydrogen-bond acceptors (Lipinski definition) is 4. The van der Waals surface area contributed by atoms with Crippen molar-refractivity contribution >= 4 is 28.5 Å². The van der Waals surface area contributed by atoms with E-state index in [4.69, 9.17) is 17.2 Å². The lowest BCUT2D eigenvalue weighted by atomic mass is 9.85. The van der Waals surface area contributed by atoms with Gasteiger partial charge in [-0.1, -0.05) is 68.7 Å². The first-order valence-electron chi connectivity index (χ1n) is 14.0. The number of hydrogen-bond donors (Lipinski definition) is 6. The van der Waals surface area contributed by atoms with E-state index in [1.54, 1.807) is 0 Å². The Labute approximate surface area is 231 Å². The lowest BCUT2D eigenvalue weighted by molar-refractivity contribution is -0.131. The van der Waals surface area contributed by atoms with Crippen LogP contribution in [0.4, 0.5) is 5.82 Å². The Morgan fingerprint density at radius 3 is 2.46 bits per heavy atom. The van der Waals surface area contributed by atoms with Crippen LogP contribution in [0.5, 0.6) is 0 Å². The SMILES string of the molecule is CCCC[C@H](N)CCC[C@H](CC[C@@H](Nc1ccc[nH]1)/C(=C/C(=O)O)CN=C(N)N)c1ccc2ccccc2c1. The molecule has 0 aliphatic rings. The van der Waals surface area contributed by atoms with E-state index in [0.717, 1.165) is 50.8 Å². The summed E-state index contributed by atoms with van der Waals surface area (Å²) in [5, 5.41) is 15.5. The maximum Gasteiger partial charge on any atom is 0.328 e. The fourth-order valence-electron chi connectivity index (χ4n) is 5.10. The molecule has 3 rings (SSSR count). The van der Waals surface area contributed by atoms with E-state index in [1.165, 1.54) is 22.4 Å². The van der Waals surface area contributed by atoms with Crippen LogP contribution in [0.25, 0.3) is 10.8 Å². The third-order valence-electron chi connectivity index (χ3n) is 7.23. The van der Waals surface area contributed by atoms with Gasteiger partial charge in [0, 0.05) is 18.3 Å². The van der Waals surface area contributed by atoms with Crippen LogP contribution in [0.3, 0.4) is 0 Å². The number of unbranched alkanes of at least 4 members (excludes halogenated alkanes) is 1. The largest absolute Gasteiger partial charge is 0.478 e. The first-order valence-corrected chi connectivity index (χ1v) is 14.0. The highest BCUT2D eigenvalue weighted by molar-refractivity contribution is 5.83. The number of nitrogens with one attached hydrogen (secondary N) is 2. The van der Waals surface area contributed by atoms with Gasteiger partial charge in [-0.25, -0.2) is 9.79 Å². The molecular weight excluding hydrogens is 488 g/mol. The monoisotopic (exact) mass is 532 g/mol. The average Bonchev–Trinajstić information content (AvgIpc) is 3.43. The summed E-state index contributed by atoms with van der Waals surface area (Å²) in [6.07, 6.45) is 11.1. The van der Waals surface area contributed by atoms with Crippen molar-refractivity contribution < 1.29 is 9.90 Å². The van der Waals surface area contributed by atoms with Crippen LogP contribution in [0.1, 0.15) is 69.8 Å². The maximum atomic E-state index is 11.7. The van der Waals surface area contributed by atoms with Crippen molar-refractivity contribution in [1.82, 2.24) is 4.98 Å². The van der Waals surface area contributed by atoms with E-state index in [0.29, 0.717) is 17.9 Å². The van der Waals surface area contributed by atoms with Crippen molar-refractivity contribution in [3.8, 4) is 0 Å². The molecule has 1 aromatic heterocycles. The molecule has 3 aromatic rings. The second kappa shape index (κ2) is 15.6. The highest BCUT2D eigenvalue weighted by atomic mass is 16.4. The van der Waals surface area contributed by atoms with E-state index >= 15 is 0 Å². The Bertz CT molecular complexity index is 1220. The number of benzene rings is 2. The van der Waals surface area contributed by atoms with Gasteiger partial charge >= 0.3 is 5.97 Å². The predicted molar refractivity (Wildman–Crippen MR) is 162 cm³/mol. The highest BCUT2D eigenvalue weighted by Crippen LogP contribution is 2.32. The Morgan fingerprint density at radius 1 is 1.00 bits per heavy atom. The molecule has 8 heteroatoms. The van der Waals surface area contributed by atoms with Crippen LogP contribution < -0.4 is 22.5 Å². The molecule has 210 valence electrons. The number of aromatic amines is 1. The Morgan fingerprint density at radius 2 is 1.77 bits per heavy atom. The van der Waals surface area contributed by atoms with Gasteiger partial charge in [0.15, 0.2) is 5.96 Å². The molecule has 9 N–H and O–H groups in total. The fraction of sp³-hybridized carbons (Fsp3) is 0.419. The van der Waals surface area contributed by atoms with Gasteiger partial charge < -0.3 is 32.6 Å². The summed E-state index contributed by atoms with van der Waals surface area (Å²) in [4.78, 5) is 19.0. The fourth-order valence-corrected chi connectivity index (χ4v) is 5.10. The quantitative estimate of drug-likeness (QED) is 0.0767. The summed E-state index contributed by atoms with van der Waals surface area (Å²) in [7, 11) is 0. The van der Waals surface area contributed by atoms with E-state index in [-0.39, 0.29) is 24.6 Å². The van der Waals surface area contributed by atoms with Crippen LogP contribution >= 0.6 is 0 Å². The normalized spacial score (nSPS) is 14.1. The predicted octanol–water partition coefficient (Wildman–Crippen LogP) is 5.48. The molecule has 0 saturated heterocycles. The number of carboxylic acids is 1. The number of nitrogens with zero attached hydrogens (tertiary/aromatic N) is 1. The molecule has 0 saturated carbocycles. The molecule has 0 fully saturated rings. The summed E-state index contributed by atoms with van der Waals surface area (Å²) < 4.78 is 0. The van der Waals surface area contributed by atoms with Gasteiger partial charge in [0.1, 0.15) is 5.82 Å². The van der Waals surface area contributed by atoms with Crippen molar-refractivity contribution in [1.29, 1.82) is 0 Å². The Hall–Kier alpha value is -3.78. The van der Waals surface area contributed by atoms with Crippen LogP contribution in [0.15, 0.2) is 77.4 Å². The lowest BCUT2D eigenvalue weighted by Crippen LogP contribution is -2.28.